The van der Waals surface area contributed by atoms with E-state index in [1.807, 2.05) is 54.6 Å². The summed E-state index contributed by atoms with van der Waals surface area (Å²) in [5.41, 5.74) is 0. The molecule has 0 bridgehead atoms. The van der Waals surface area contributed by atoms with Crippen molar-refractivity contribution in [1.29, 1.82) is 36.7 Å². The maximum Gasteiger partial charge on any atom is 6.00 e. The first-order chi connectivity index (χ1) is 15.8. The second-order valence-electron chi connectivity index (χ2n) is 4.68. The van der Waals surface area contributed by atoms with Crippen LogP contribution in [0.15, 0.2) is 91.0 Å². The Labute approximate surface area is 207 Å². The molecule has 0 amide bonds. The molecule has 0 aliphatic carbocycles. The van der Waals surface area contributed by atoms with E-state index in [1.165, 1.54) is 0 Å². The maximum absolute atomic E-state index is 9.25. The number of hydrogen-bond acceptors (Lipinski definition) is 7. The van der Waals surface area contributed by atoms with E-state index >= 15 is 0 Å². The topological polar surface area (TPSA) is 167 Å². The van der Waals surface area contributed by atoms with Crippen molar-refractivity contribution in [3.63, 3.8) is 0 Å². The molecule has 0 unspecified atom stereocenters. The van der Waals surface area contributed by atoms with E-state index in [-0.39, 0.29) is 17.1 Å². The van der Waals surface area contributed by atoms with Crippen molar-refractivity contribution in [2.75, 3.05) is 0 Å². The molecule has 0 spiro atoms. The Kier molecular flexibility index (Phi) is 34.8. The molecule has 0 aromatic heterocycles. The van der Waals surface area contributed by atoms with E-state index in [9.17, 15) is 5.16 Å². The average Bonchev–Trinajstić information content (AvgIpc) is 2.96. The molecule has 3 aromatic carbocycles. The van der Waals surface area contributed by atoms with Crippen LogP contribution in [0.5, 0.6) is 0 Å². The maximum atomic E-state index is 9.25. The van der Waals surface area contributed by atoms with Gasteiger partial charge in [0.2, 0.25) is 0 Å². The molecule has 1 N–H and O–H groups in total. The van der Waals surface area contributed by atoms with Crippen molar-refractivity contribution >= 4 is 23.0 Å². The van der Waals surface area contributed by atoms with Gasteiger partial charge in [-0.05, 0) is 15.9 Å². The van der Waals surface area contributed by atoms with Gasteiger partial charge in [-0.3, -0.25) is 0 Å². The molecule has 3 aromatic rings. The zero-order valence-corrected chi connectivity index (χ0v) is 19.1. The van der Waals surface area contributed by atoms with E-state index in [4.69, 9.17) is 71.0 Å². The molecule has 0 aliphatic heterocycles. The number of rotatable bonds is 3. The van der Waals surface area contributed by atoms with E-state index < -0.39 is 7.05 Å². The van der Waals surface area contributed by atoms with E-state index in [2.05, 4.69) is 36.4 Å². The Morgan fingerprint density at radius 2 is 0.545 bits per heavy atom. The molecule has 9 heteroatoms. The molecule has 0 aliphatic rings. The van der Waals surface area contributed by atoms with Crippen LogP contribution in [0.2, 0.25) is 0 Å². The summed E-state index contributed by atoms with van der Waals surface area (Å²) in [6.07, 6.45) is 0. The van der Waals surface area contributed by atoms with Crippen LogP contribution < -0.4 is 15.9 Å². The second kappa shape index (κ2) is 29.5. The van der Waals surface area contributed by atoms with Gasteiger partial charge in [-0.1, -0.05) is 91.0 Å². The quantitative estimate of drug-likeness (QED) is 0.327. The minimum atomic E-state index is -2.28. The van der Waals surface area contributed by atoms with E-state index in [1.54, 1.807) is 0 Å². The minimum Gasteiger partial charge on any atom is -0.512 e. The SMILES string of the molecule is N=P(c1ccccc1)(c1ccccc1)c1ccccc1.[C-]#N.[C-]#N.[C-]#N.[C-]#N.[C-]#N.[C-]#N.[Fe+6]. The normalized spacial score (nSPS) is 7.15. The predicted octanol–water partition coefficient (Wildman–Crippen LogP) is 4.32. The zero-order valence-electron chi connectivity index (χ0n) is 17.1. The van der Waals surface area contributed by atoms with Gasteiger partial charge < -0.3 is 76.2 Å². The monoisotopic (exact) mass is 489 g/mol. The van der Waals surface area contributed by atoms with Gasteiger partial charge in [-0.2, -0.15) is 0 Å². The summed E-state index contributed by atoms with van der Waals surface area (Å²) < 4.78 is 0. The number of benzene rings is 3. The molecular weight excluding hydrogens is 473 g/mol. The smallest absolute Gasteiger partial charge is 0.512 e. The predicted molar refractivity (Wildman–Crippen MR) is 118 cm³/mol. The minimum absolute atomic E-state index is 0. The summed E-state index contributed by atoms with van der Waals surface area (Å²) in [7, 11) is -2.28. The van der Waals surface area contributed by atoms with Crippen molar-refractivity contribution in [3.05, 3.63) is 130 Å². The van der Waals surface area contributed by atoms with Gasteiger partial charge in [0, 0.05) is 0 Å². The van der Waals surface area contributed by atoms with Crippen LogP contribution in [0, 0.1) is 76.2 Å². The van der Waals surface area contributed by atoms with Gasteiger partial charge >= 0.3 is 17.1 Å². The molecule has 0 fully saturated rings. The van der Waals surface area contributed by atoms with E-state index in [0.29, 0.717) is 0 Å². The van der Waals surface area contributed by atoms with Crippen molar-refractivity contribution in [2.24, 2.45) is 0 Å². The standard InChI is InChI=1S/C18H16NP.6CN.Fe/c19-20(16-10-4-1-5-11-16,17-12-6-2-7-13-17)18-14-8-3-9-15-18;6*1-2;/h1-15,19H;;;;;;;/q;6*-1;+6. The molecule has 3 rings (SSSR count). The molecule has 0 radical (unpaired) electrons. The molecule has 7 nitrogen and oxygen atoms in total. The van der Waals surface area contributed by atoms with Crippen molar-refractivity contribution < 1.29 is 17.1 Å². The first-order valence-electron chi connectivity index (χ1n) is 7.97. The van der Waals surface area contributed by atoms with Crippen LogP contribution in [-0.2, 0) is 17.1 Å². The third-order valence-electron chi connectivity index (χ3n) is 3.43. The van der Waals surface area contributed by atoms with Crippen LogP contribution >= 0.6 is 7.05 Å². The Bertz CT molecular complexity index is 844. The molecule has 0 heterocycles. The summed E-state index contributed by atoms with van der Waals surface area (Å²) in [4.78, 5) is 0. The average molecular weight is 489 g/mol. The third kappa shape index (κ3) is 12.6. The second-order valence-corrected chi connectivity index (χ2v) is 7.57. The van der Waals surface area contributed by atoms with Gasteiger partial charge in [0.05, 0.1) is 7.05 Å². The van der Waals surface area contributed by atoms with Gasteiger partial charge in [0.25, 0.3) is 0 Å². The van der Waals surface area contributed by atoms with Crippen LogP contribution in [-0.4, -0.2) is 0 Å². The summed E-state index contributed by atoms with van der Waals surface area (Å²) in [6.45, 7) is 28.5. The number of hydrogen-bond donors (Lipinski definition) is 1. The fraction of sp³-hybridized carbons (Fsp3) is 0. The van der Waals surface area contributed by atoms with Crippen molar-refractivity contribution in [1.82, 2.24) is 0 Å². The van der Waals surface area contributed by atoms with Crippen LogP contribution in [0.4, 0.5) is 0 Å². The number of nitrogens with one attached hydrogen (secondary N) is 1. The summed E-state index contributed by atoms with van der Waals surface area (Å²) in [5.74, 6) is 0. The Morgan fingerprint density at radius 1 is 0.394 bits per heavy atom. The zero-order chi connectivity index (χ0) is 25.8. The van der Waals surface area contributed by atoms with Crippen molar-refractivity contribution in [3.8, 4) is 0 Å². The molecule has 160 valence electrons. The van der Waals surface area contributed by atoms with Crippen LogP contribution in [0.1, 0.15) is 0 Å². The van der Waals surface area contributed by atoms with Gasteiger partial charge in [-0.25, -0.2) is 0 Å². The first-order valence-corrected chi connectivity index (χ1v) is 9.76. The molecular formula is C24H16FeN7P. The molecule has 33 heavy (non-hydrogen) atoms. The summed E-state index contributed by atoms with van der Waals surface area (Å²) in [5, 5.41) is 50.0. The van der Waals surface area contributed by atoms with Crippen LogP contribution in [0.3, 0.4) is 0 Å². The number of nitrogens with zero attached hydrogens (tertiary/aromatic N) is 6. The summed E-state index contributed by atoms with van der Waals surface area (Å²) in [6, 6.07) is 30.5. The van der Waals surface area contributed by atoms with Gasteiger partial charge in [0.1, 0.15) is 0 Å². The fourth-order valence-electron chi connectivity index (χ4n) is 2.40. The Morgan fingerprint density at radius 3 is 0.697 bits per heavy atom. The summed E-state index contributed by atoms with van der Waals surface area (Å²) >= 11 is 0. The van der Waals surface area contributed by atoms with Crippen molar-refractivity contribution in [2.45, 2.75) is 0 Å². The first kappa shape index (κ1) is 38.9. The van der Waals surface area contributed by atoms with Gasteiger partial charge in [0.15, 0.2) is 0 Å². The fourth-order valence-corrected chi connectivity index (χ4v) is 5.15. The molecule has 0 saturated heterocycles. The van der Waals surface area contributed by atoms with Crippen LogP contribution in [0.25, 0.3) is 0 Å². The Hall–Kier alpha value is -4.65. The molecule has 0 atom stereocenters. The van der Waals surface area contributed by atoms with Gasteiger partial charge in [-0.15, -0.1) is 0 Å². The Balaban J connectivity index is -0.000000176. The largest absolute Gasteiger partial charge is 6.00 e. The molecule has 0 saturated carbocycles. The van der Waals surface area contributed by atoms with E-state index in [0.717, 1.165) is 15.9 Å². The third-order valence-corrected chi connectivity index (χ3v) is 6.65.